The first-order chi connectivity index (χ1) is 11.7. The Morgan fingerprint density at radius 1 is 0.792 bits per heavy atom. The molecule has 24 heavy (non-hydrogen) atoms. The number of nitrogens with zero attached hydrogens (tertiary/aromatic N) is 3. The maximum Gasteiger partial charge on any atom is 0.358 e. The van der Waals surface area contributed by atoms with E-state index in [0.29, 0.717) is 11.4 Å². The summed E-state index contributed by atoms with van der Waals surface area (Å²) in [5.41, 5.74) is 1.15. The molecule has 0 aliphatic rings. The van der Waals surface area contributed by atoms with E-state index < -0.39 is 10.1 Å². The Labute approximate surface area is 139 Å². The molecule has 7 heteroatoms. The highest BCUT2D eigenvalue weighted by Gasteiger charge is 2.17. The minimum absolute atomic E-state index is 0.0233. The van der Waals surface area contributed by atoms with Gasteiger partial charge in [0, 0.05) is 12.4 Å². The van der Waals surface area contributed by atoms with Crippen LogP contribution in [0.4, 0.5) is 0 Å². The van der Waals surface area contributed by atoms with Crippen molar-refractivity contribution in [2.75, 3.05) is 0 Å². The van der Waals surface area contributed by atoms with Crippen LogP contribution in [0.5, 0.6) is 0 Å². The number of hydrogen-bond donors (Lipinski definition) is 0. The first kappa shape index (κ1) is 15.8. The van der Waals surface area contributed by atoms with Gasteiger partial charge in [-0.1, -0.05) is 35.5 Å². The Kier molecular flexibility index (Phi) is 4.62. The summed E-state index contributed by atoms with van der Waals surface area (Å²) in [5.74, 6) is 0. The number of aromatic nitrogens is 2. The van der Waals surface area contributed by atoms with Crippen molar-refractivity contribution in [1.82, 2.24) is 9.97 Å². The summed E-state index contributed by atoms with van der Waals surface area (Å²) >= 11 is 0. The molecule has 3 aromatic rings. The molecule has 0 radical (unpaired) electrons. The Hall–Kier alpha value is -3.06. The molecule has 0 aliphatic heterocycles. The second kappa shape index (κ2) is 7.01. The van der Waals surface area contributed by atoms with Gasteiger partial charge in [-0.05, 0) is 36.4 Å². The monoisotopic (exact) mass is 339 g/mol. The molecule has 0 unspecified atom stereocenters. The minimum Gasteiger partial charge on any atom is -0.264 e. The molecule has 0 bridgehead atoms. The van der Waals surface area contributed by atoms with Crippen LogP contribution in [-0.2, 0) is 14.4 Å². The maximum absolute atomic E-state index is 12.2. The fourth-order valence-corrected chi connectivity index (χ4v) is 2.70. The molecule has 0 N–H and O–H groups in total. The molecule has 0 aliphatic carbocycles. The molecule has 0 saturated heterocycles. The molecule has 0 amide bonds. The average Bonchev–Trinajstić information content (AvgIpc) is 2.64. The van der Waals surface area contributed by atoms with Crippen LogP contribution in [0, 0.1) is 0 Å². The van der Waals surface area contributed by atoms with E-state index in [1.165, 1.54) is 12.1 Å². The van der Waals surface area contributed by atoms with Gasteiger partial charge in [-0.2, -0.15) is 8.42 Å². The van der Waals surface area contributed by atoms with E-state index >= 15 is 0 Å². The molecule has 0 atom stereocenters. The highest BCUT2D eigenvalue weighted by atomic mass is 32.2. The lowest BCUT2D eigenvalue weighted by Gasteiger charge is -2.06. The van der Waals surface area contributed by atoms with E-state index in [4.69, 9.17) is 4.28 Å². The van der Waals surface area contributed by atoms with Crippen LogP contribution in [-0.4, -0.2) is 24.1 Å². The maximum atomic E-state index is 12.2. The Morgan fingerprint density at radius 3 is 1.83 bits per heavy atom. The fourth-order valence-electron chi connectivity index (χ4n) is 1.95. The summed E-state index contributed by atoms with van der Waals surface area (Å²) in [6.07, 6.45) is 3.17. The molecule has 2 aromatic heterocycles. The predicted octanol–water partition coefficient (Wildman–Crippen LogP) is 2.63. The van der Waals surface area contributed by atoms with E-state index in [1.807, 2.05) is 0 Å². The van der Waals surface area contributed by atoms with Gasteiger partial charge in [0.15, 0.2) is 5.71 Å². The number of benzene rings is 1. The van der Waals surface area contributed by atoms with E-state index in [0.717, 1.165) is 0 Å². The highest BCUT2D eigenvalue weighted by molar-refractivity contribution is 7.86. The summed E-state index contributed by atoms with van der Waals surface area (Å²) in [5, 5.41) is 3.82. The third-order valence-electron chi connectivity index (χ3n) is 3.07. The van der Waals surface area contributed by atoms with E-state index in [2.05, 4.69) is 15.1 Å². The van der Waals surface area contributed by atoms with Crippen molar-refractivity contribution in [2.24, 2.45) is 5.16 Å². The standard InChI is InChI=1S/C17H13N3O3S/c21-24(22,14-8-2-1-3-9-14)23-20-17(15-10-4-6-12-18-15)16-11-5-7-13-19-16/h1-13H. The first-order valence-electron chi connectivity index (χ1n) is 7.06. The third-order valence-corrected chi connectivity index (χ3v) is 4.19. The molecule has 3 rings (SSSR count). The van der Waals surface area contributed by atoms with Gasteiger partial charge in [-0.25, -0.2) is 0 Å². The van der Waals surface area contributed by atoms with Gasteiger partial charge in [-0.3, -0.25) is 14.3 Å². The smallest absolute Gasteiger partial charge is 0.264 e. The van der Waals surface area contributed by atoms with Crippen LogP contribution in [0.2, 0.25) is 0 Å². The molecule has 2 heterocycles. The van der Waals surface area contributed by atoms with Gasteiger partial charge in [0.1, 0.15) is 4.90 Å². The average molecular weight is 339 g/mol. The Balaban J connectivity index is 1.99. The topological polar surface area (TPSA) is 81.5 Å². The predicted molar refractivity (Wildman–Crippen MR) is 88.8 cm³/mol. The van der Waals surface area contributed by atoms with Crippen LogP contribution < -0.4 is 0 Å². The second-order valence-corrected chi connectivity index (χ2v) is 6.24. The second-order valence-electron chi connectivity index (χ2n) is 4.71. The summed E-state index contributed by atoms with van der Waals surface area (Å²) in [6.45, 7) is 0. The number of rotatable bonds is 5. The van der Waals surface area contributed by atoms with Crippen molar-refractivity contribution in [2.45, 2.75) is 4.90 Å². The van der Waals surface area contributed by atoms with Gasteiger partial charge < -0.3 is 0 Å². The molecule has 120 valence electrons. The summed E-state index contributed by atoms with van der Waals surface area (Å²) in [7, 11) is -4.01. The lowest BCUT2D eigenvalue weighted by Crippen LogP contribution is -2.11. The normalized spacial score (nSPS) is 10.8. The molecular weight excluding hydrogens is 326 g/mol. The van der Waals surface area contributed by atoms with Crippen molar-refractivity contribution in [3.63, 3.8) is 0 Å². The van der Waals surface area contributed by atoms with E-state index in [-0.39, 0.29) is 10.6 Å². The zero-order chi connectivity index (χ0) is 16.8. The number of hydrogen-bond acceptors (Lipinski definition) is 6. The van der Waals surface area contributed by atoms with Gasteiger partial charge >= 0.3 is 10.1 Å². The third kappa shape index (κ3) is 3.64. The molecular formula is C17H13N3O3S. The Morgan fingerprint density at radius 2 is 1.33 bits per heavy atom. The molecule has 0 spiro atoms. The summed E-state index contributed by atoms with van der Waals surface area (Å²) in [4.78, 5) is 8.39. The number of pyridine rings is 2. The van der Waals surface area contributed by atoms with Crippen molar-refractivity contribution in [3.8, 4) is 0 Å². The Bertz CT molecular complexity index is 887. The minimum atomic E-state index is -4.01. The fraction of sp³-hybridized carbons (Fsp3) is 0. The van der Waals surface area contributed by atoms with Gasteiger partial charge in [0.25, 0.3) is 0 Å². The lowest BCUT2D eigenvalue weighted by atomic mass is 10.1. The van der Waals surface area contributed by atoms with Crippen LogP contribution in [0.3, 0.4) is 0 Å². The first-order valence-corrected chi connectivity index (χ1v) is 8.47. The zero-order valence-electron chi connectivity index (χ0n) is 12.5. The molecule has 0 saturated carbocycles. The molecule has 0 fully saturated rings. The summed E-state index contributed by atoms with van der Waals surface area (Å²) < 4.78 is 29.3. The molecule has 1 aromatic carbocycles. The lowest BCUT2D eigenvalue weighted by molar-refractivity contribution is 0.339. The number of oxime groups is 1. The van der Waals surface area contributed by atoms with Crippen molar-refractivity contribution < 1.29 is 12.7 Å². The largest absolute Gasteiger partial charge is 0.358 e. The van der Waals surface area contributed by atoms with E-state index in [1.54, 1.807) is 67.0 Å². The van der Waals surface area contributed by atoms with Gasteiger partial charge in [0.05, 0.1) is 11.4 Å². The molecule has 6 nitrogen and oxygen atoms in total. The quantitative estimate of drug-likeness (QED) is 0.527. The van der Waals surface area contributed by atoms with Gasteiger partial charge in [0.2, 0.25) is 0 Å². The van der Waals surface area contributed by atoms with Gasteiger partial charge in [-0.15, -0.1) is 0 Å². The van der Waals surface area contributed by atoms with Crippen LogP contribution in [0.1, 0.15) is 11.4 Å². The zero-order valence-corrected chi connectivity index (χ0v) is 13.3. The highest BCUT2D eigenvalue weighted by Crippen LogP contribution is 2.14. The van der Waals surface area contributed by atoms with Crippen molar-refractivity contribution in [3.05, 3.63) is 90.5 Å². The van der Waals surface area contributed by atoms with Crippen LogP contribution >= 0.6 is 0 Å². The SMILES string of the molecule is O=S(=O)(ON=C(c1ccccn1)c1ccccn1)c1ccccc1. The van der Waals surface area contributed by atoms with Crippen molar-refractivity contribution in [1.29, 1.82) is 0 Å². The van der Waals surface area contributed by atoms with E-state index in [9.17, 15) is 8.42 Å². The van der Waals surface area contributed by atoms with Crippen molar-refractivity contribution >= 4 is 15.8 Å². The summed E-state index contributed by atoms with van der Waals surface area (Å²) in [6, 6.07) is 18.3. The van der Waals surface area contributed by atoms with Crippen LogP contribution in [0.15, 0.2) is 89.2 Å². The van der Waals surface area contributed by atoms with Crippen LogP contribution in [0.25, 0.3) is 0 Å².